The van der Waals surface area contributed by atoms with Gasteiger partial charge in [0, 0.05) is 19.9 Å². The van der Waals surface area contributed by atoms with E-state index in [1.165, 1.54) is 12.1 Å². The van der Waals surface area contributed by atoms with E-state index in [1.54, 1.807) is 19.1 Å². The number of nitrogens with two attached hydrogens (primary N) is 1. The lowest BCUT2D eigenvalue weighted by atomic mass is 10.2. The maximum atomic E-state index is 12.3. The summed E-state index contributed by atoms with van der Waals surface area (Å²) < 4.78 is 30.3. The van der Waals surface area contributed by atoms with Crippen molar-refractivity contribution in [3.8, 4) is 5.88 Å². The molecule has 2 rings (SSSR count). The molecular weight excluding hydrogens is 364 g/mol. The molecule has 0 aliphatic rings. The van der Waals surface area contributed by atoms with Gasteiger partial charge >= 0.3 is 16.1 Å². The molecule has 26 heavy (non-hydrogen) atoms. The van der Waals surface area contributed by atoms with Crippen molar-refractivity contribution in [2.24, 2.45) is 4.99 Å². The Morgan fingerprint density at radius 3 is 2.35 bits per heavy atom. The molecule has 0 atom stereocenters. The molecule has 138 valence electrons. The molecule has 1 heterocycles. The molecule has 0 saturated carbocycles. The van der Waals surface area contributed by atoms with Gasteiger partial charge in [-0.25, -0.2) is 4.79 Å². The van der Waals surface area contributed by atoms with Crippen LogP contribution >= 0.6 is 0 Å². The van der Waals surface area contributed by atoms with E-state index in [0.717, 1.165) is 25.5 Å². The fourth-order valence-electron chi connectivity index (χ4n) is 1.85. The molecule has 10 nitrogen and oxygen atoms in total. The molecule has 1 aromatic carbocycles. The first-order chi connectivity index (χ1) is 12.1. The van der Waals surface area contributed by atoms with Crippen LogP contribution in [0, 0.1) is 6.92 Å². The Balaban J connectivity index is 2.50. The molecule has 0 spiro atoms. The normalized spacial score (nSPS) is 11.9. The maximum Gasteiger partial charge on any atom is 0.340 e. The number of carbonyl (C=O) groups is 2. The molecule has 0 aliphatic heterocycles. The molecule has 0 bridgehead atoms. The second-order valence-corrected chi connectivity index (χ2v) is 6.72. The van der Waals surface area contributed by atoms with Crippen molar-refractivity contribution in [2.45, 2.75) is 25.7 Å². The van der Waals surface area contributed by atoms with Crippen LogP contribution in [0.3, 0.4) is 0 Å². The van der Waals surface area contributed by atoms with Gasteiger partial charge in [0.2, 0.25) is 17.7 Å². The smallest absolute Gasteiger partial charge is 0.340 e. The van der Waals surface area contributed by atoms with Gasteiger partial charge in [-0.05, 0) is 19.1 Å². The van der Waals surface area contributed by atoms with Crippen molar-refractivity contribution in [3.05, 3.63) is 41.4 Å². The average molecular weight is 380 g/mol. The molecule has 11 heteroatoms. The topological polar surface area (TPSA) is 143 Å². The quantitative estimate of drug-likeness (QED) is 0.728. The molecule has 0 saturated heterocycles. The van der Waals surface area contributed by atoms with Crippen LogP contribution in [-0.2, 0) is 19.7 Å². The second-order valence-electron chi connectivity index (χ2n) is 5.17. The third kappa shape index (κ3) is 4.66. The van der Waals surface area contributed by atoms with Gasteiger partial charge in [-0.1, -0.05) is 17.7 Å². The van der Waals surface area contributed by atoms with Crippen molar-refractivity contribution in [2.75, 3.05) is 5.73 Å². The fraction of sp³-hybridized carbons (Fsp3) is 0.200. The first kappa shape index (κ1) is 19.1. The lowest BCUT2D eigenvalue weighted by Gasteiger charge is -2.11. The van der Waals surface area contributed by atoms with E-state index >= 15 is 0 Å². The summed E-state index contributed by atoms with van der Waals surface area (Å²) in [6, 6.07) is 6.96. The molecule has 1 aromatic heterocycles. The predicted molar refractivity (Wildman–Crippen MR) is 89.1 cm³/mol. The molecule has 1 amide bonds. The number of hydrogen-bond acceptors (Lipinski definition) is 8. The third-order valence-corrected chi connectivity index (χ3v) is 4.13. The van der Waals surface area contributed by atoms with Crippen LogP contribution in [0.4, 0.5) is 5.95 Å². The van der Waals surface area contributed by atoms with Crippen LogP contribution in [0.1, 0.15) is 19.4 Å². The van der Waals surface area contributed by atoms with Gasteiger partial charge in [-0.3, -0.25) is 4.79 Å². The summed E-state index contributed by atoms with van der Waals surface area (Å²) in [5, 5.41) is 0. The molecule has 2 aromatic rings. The zero-order valence-electron chi connectivity index (χ0n) is 14.2. The van der Waals surface area contributed by atoms with E-state index in [2.05, 4.69) is 9.98 Å². The van der Waals surface area contributed by atoms with E-state index in [-0.39, 0.29) is 10.4 Å². The highest BCUT2D eigenvalue weighted by atomic mass is 32.2. The lowest BCUT2D eigenvalue weighted by molar-refractivity contribution is -0.142. The Labute approximate surface area is 149 Å². The van der Waals surface area contributed by atoms with Gasteiger partial charge in [0.25, 0.3) is 0 Å². The molecule has 0 radical (unpaired) electrons. The van der Waals surface area contributed by atoms with Crippen molar-refractivity contribution < 1.29 is 27.0 Å². The number of carbonyl (C=O) groups excluding carboxylic acids is 2. The summed E-state index contributed by atoms with van der Waals surface area (Å²) in [5.74, 6) is -2.25. The van der Waals surface area contributed by atoms with Crippen molar-refractivity contribution in [1.82, 2.24) is 9.71 Å². The van der Waals surface area contributed by atoms with Gasteiger partial charge in [-0.2, -0.15) is 18.4 Å². The van der Waals surface area contributed by atoms with Crippen LogP contribution in [0.25, 0.3) is 0 Å². The van der Waals surface area contributed by atoms with Crippen molar-refractivity contribution in [1.29, 1.82) is 0 Å². The van der Waals surface area contributed by atoms with Crippen LogP contribution in [-0.4, -0.2) is 30.0 Å². The number of amides is 1. The van der Waals surface area contributed by atoms with Crippen LogP contribution in [0.15, 0.2) is 40.2 Å². The minimum atomic E-state index is -4.19. The number of rotatable bonds is 4. The molecular formula is C15H16N4O6S. The molecule has 0 unspecified atom stereocenters. The Hall–Kier alpha value is -3.21. The standard InChI is InChI=1S/C15H16N4O6S/c1-9-4-6-12(7-5-9)26(22,23)25-14-8-13(17-10(2)20)19(15(16)18-14)24-11(3)21/h4-8H,1-3H3,(H2,16,18). The summed E-state index contributed by atoms with van der Waals surface area (Å²) in [7, 11) is -4.19. The first-order valence-corrected chi connectivity index (χ1v) is 8.64. The van der Waals surface area contributed by atoms with Crippen molar-refractivity contribution in [3.63, 3.8) is 0 Å². The zero-order chi connectivity index (χ0) is 19.5. The SMILES string of the molecule is CC(=O)N=c1cc(OS(=O)(=O)c2ccc(C)cc2)nc(N)n1OC(C)=O. The molecule has 2 N–H and O–H groups in total. The predicted octanol–water partition coefficient (Wildman–Crippen LogP) is -0.0363. The van der Waals surface area contributed by atoms with Gasteiger partial charge in [-0.15, -0.1) is 4.73 Å². The van der Waals surface area contributed by atoms with E-state index < -0.39 is 33.8 Å². The van der Waals surface area contributed by atoms with Crippen LogP contribution in [0.5, 0.6) is 5.88 Å². The third-order valence-electron chi connectivity index (χ3n) is 2.89. The summed E-state index contributed by atoms with van der Waals surface area (Å²) in [5.41, 5.74) is 6.27. The Bertz CT molecular complexity index is 1030. The highest BCUT2D eigenvalue weighted by Gasteiger charge is 2.19. The van der Waals surface area contributed by atoms with Crippen molar-refractivity contribution >= 4 is 27.9 Å². The van der Waals surface area contributed by atoms with Crippen LogP contribution < -0.4 is 20.2 Å². The first-order valence-electron chi connectivity index (χ1n) is 7.23. The number of aryl methyl sites for hydroxylation is 1. The minimum Gasteiger partial charge on any atom is -0.367 e. The summed E-state index contributed by atoms with van der Waals surface area (Å²) >= 11 is 0. The second kappa shape index (κ2) is 7.35. The lowest BCUT2D eigenvalue weighted by Crippen LogP contribution is -2.33. The number of nitrogens with zero attached hydrogens (tertiary/aromatic N) is 3. The highest BCUT2D eigenvalue weighted by Crippen LogP contribution is 2.16. The summed E-state index contributed by atoms with van der Waals surface area (Å²) in [6.45, 7) is 4.06. The Morgan fingerprint density at radius 1 is 1.19 bits per heavy atom. The van der Waals surface area contributed by atoms with E-state index in [0.29, 0.717) is 4.73 Å². The summed E-state index contributed by atoms with van der Waals surface area (Å²) in [6.07, 6.45) is 0. The fourth-order valence-corrected chi connectivity index (χ4v) is 2.72. The maximum absolute atomic E-state index is 12.3. The van der Waals surface area contributed by atoms with E-state index in [4.69, 9.17) is 14.8 Å². The number of nitrogen functional groups attached to an aromatic ring is 1. The monoisotopic (exact) mass is 380 g/mol. The largest absolute Gasteiger partial charge is 0.367 e. The molecule has 0 fully saturated rings. The van der Waals surface area contributed by atoms with Crippen LogP contribution in [0.2, 0.25) is 0 Å². The van der Waals surface area contributed by atoms with Gasteiger partial charge in [0.15, 0.2) is 5.49 Å². The number of hydrogen-bond donors (Lipinski definition) is 1. The number of aromatic nitrogens is 2. The van der Waals surface area contributed by atoms with Gasteiger partial charge < -0.3 is 14.8 Å². The van der Waals surface area contributed by atoms with Gasteiger partial charge in [0.1, 0.15) is 4.90 Å². The Morgan fingerprint density at radius 2 is 1.81 bits per heavy atom. The highest BCUT2D eigenvalue weighted by molar-refractivity contribution is 7.87. The van der Waals surface area contributed by atoms with Gasteiger partial charge in [0.05, 0.1) is 0 Å². The zero-order valence-corrected chi connectivity index (χ0v) is 15.0. The number of anilines is 1. The van der Waals surface area contributed by atoms with E-state index in [9.17, 15) is 18.0 Å². The van der Waals surface area contributed by atoms with E-state index in [1.807, 2.05) is 0 Å². The average Bonchev–Trinajstić information content (AvgIpc) is 2.50. The summed E-state index contributed by atoms with van der Waals surface area (Å²) in [4.78, 5) is 34.4. The Kier molecular flexibility index (Phi) is 5.41. The number of benzene rings is 1. The molecule has 0 aliphatic carbocycles. The minimum absolute atomic E-state index is 0.0924.